The molecule has 2 aromatic rings. The molecule has 0 spiro atoms. The van der Waals surface area contributed by atoms with Crippen LogP contribution in [0, 0.1) is 0 Å². The Labute approximate surface area is 145 Å². The standard InChI is InChI=1S/C16H18Cl2N4O/c1-16(2)10-22(7-8-23-16)15-20-13(18)9-14(21-15)19-12-5-3-11(17)4-6-12/h3-6,9H,7-8,10H2,1-2H3,(H,19,20,21). The highest BCUT2D eigenvalue weighted by molar-refractivity contribution is 6.30. The first-order valence-electron chi connectivity index (χ1n) is 7.37. The first-order chi connectivity index (χ1) is 10.9. The smallest absolute Gasteiger partial charge is 0.228 e. The van der Waals surface area contributed by atoms with E-state index in [0.29, 0.717) is 35.1 Å². The van der Waals surface area contributed by atoms with Crippen LogP contribution in [0.25, 0.3) is 0 Å². The number of nitrogens with zero attached hydrogens (tertiary/aromatic N) is 3. The van der Waals surface area contributed by atoms with Crippen LogP contribution in [0.2, 0.25) is 10.2 Å². The lowest BCUT2D eigenvalue weighted by atomic mass is 10.1. The second-order valence-electron chi connectivity index (χ2n) is 6.04. The molecule has 0 saturated carbocycles. The lowest BCUT2D eigenvalue weighted by molar-refractivity contribution is -0.0281. The van der Waals surface area contributed by atoms with E-state index in [-0.39, 0.29) is 5.60 Å². The quantitative estimate of drug-likeness (QED) is 0.841. The Hall–Kier alpha value is -1.56. The van der Waals surface area contributed by atoms with Gasteiger partial charge >= 0.3 is 0 Å². The van der Waals surface area contributed by atoms with Crippen molar-refractivity contribution in [1.82, 2.24) is 9.97 Å². The van der Waals surface area contributed by atoms with E-state index in [9.17, 15) is 0 Å². The van der Waals surface area contributed by atoms with Crippen molar-refractivity contribution < 1.29 is 4.74 Å². The molecule has 0 atom stereocenters. The zero-order valence-corrected chi connectivity index (χ0v) is 14.5. The Bertz CT molecular complexity index is 691. The molecule has 0 amide bonds. The number of morpholine rings is 1. The van der Waals surface area contributed by atoms with E-state index in [1.54, 1.807) is 6.07 Å². The molecule has 1 aromatic carbocycles. The Morgan fingerprint density at radius 3 is 2.61 bits per heavy atom. The molecule has 0 unspecified atom stereocenters. The van der Waals surface area contributed by atoms with Gasteiger partial charge in [0.2, 0.25) is 5.95 Å². The summed E-state index contributed by atoms with van der Waals surface area (Å²) in [5.41, 5.74) is 0.658. The summed E-state index contributed by atoms with van der Waals surface area (Å²) in [6.07, 6.45) is 0. The largest absolute Gasteiger partial charge is 0.372 e. The van der Waals surface area contributed by atoms with Gasteiger partial charge in [-0.2, -0.15) is 4.98 Å². The van der Waals surface area contributed by atoms with Crippen molar-refractivity contribution in [2.45, 2.75) is 19.4 Å². The van der Waals surface area contributed by atoms with E-state index in [1.165, 1.54) is 0 Å². The van der Waals surface area contributed by atoms with E-state index in [1.807, 2.05) is 24.3 Å². The second kappa shape index (κ2) is 6.51. The summed E-state index contributed by atoms with van der Waals surface area (Å²) in [7, 11) is 0. The molecular weight excluding hydrogens is 335 g/mol. The van der Waals surface area contributed by atoms with Crippen molar-refractivity contribution in [3.63, 3.8) is 0 Å². The van der Waals surface area contributed by atoms with Crippen LogP contribution < -0.4 is 10.2 Å². The third-order valence-electron chi connectivity index (χ3n) is 3.51. The Balaban J connectivity index is 1.82. The summed E-state index contributed by atoms with van der Waals surface area (Å²) in [4.78, 5) is 11.0. The van der Waals surface area contributed by atoms with Crippen LogP contribution in [-0.2, 0) is 4.74 Å². The molecular formula is C16H18Cl2N4O. The maximum absolute atomic E-state index is 6.16. The fourth-order valence-electron chi connectivity index (χ4n) is 2.48. The maximum atomic E-state index is 6.16. The minimum Gasteiger partial charge on any atom is -0.372 e. The summed E-state index contributed by atoms with van der Waals surface area (Å²) < 4.78 is 5.73. The molecule has 3 rings (SSSR count). The van der Waals surface area contributed by atoms with Gasteiger partial charge in [0.25, 0.3) is 0 Å². The molecule has 1 saturated heterocycles. The Kier molecular flexibility index (Phi) is 4.62. The van der Waals surface area contributed by atoms with Gasteiger partial charge in [-0.3, -0.25) is 0 Å². The monoisotopic (exact) mass is 352 g/mol. The number of rotatable bonds is 3. The molecule has 0 bridgehead atoms. The minimum absolute atomic E-state index is 0.228. The molecule has 0 radical (unpaired) electrons. The topological polar surface area (TPSA) is 50.3 Å². The number of halogens is 2. The molecule has 122 valence electrons. The number of benzene rings is 1. The molecule has 1 aliphatic rings. The number of anilines is 3. The van der Waals surface area contributed by atoms with Crippen molar-refractivity contribution in [3.8, 4) is 0 Å². The molecule has 23 heavy (non-hydrogen) atoms. The first-order valence-corrected chi connectivity index (χ1v) is 8.13. The normalized spacial score (nSPS) is 17.1. The second-order valence-corrected chi connectivity index (χ2v) is 6.86. The number of ether oxygens (including phenoxy) is 1. The lowest BCUT2D eigenvalue weighted by Gasteiger charge is -2.38. The number of hydrogen-bond donors (Lipinski definition) is 1. The Morgan fingerprint density at radius 2 is 1.91 bits per heavy atom. The molecule has 1 fully saturated rings. The third-order valence-corrected chi connectivity index (χ3v) is 3.95. The SMILES string of the molecule is CC1(C)CN(c2nc(Cl)cc(Nc3ccc(Cl)cc3)n2)CCO1. The minimum atomic E-state index is -0.228. The van der Waals surface area contributed by atoms with Gasteiger partial charge in [0.05, 0.1) is 12.2 Å². The van der Waals surface area contributed by atoms with Crippen LogP contribution in [0.5, 0.6) is 0 Å². The average molecular weight is 353 g/mol. The van der Waals surface area contributed by atoms with Crippen LogP contribution in [0.1, 0.15) is 13.8 Å². The molecule has 1 aromatic heterocycles. The third kappa shape index (κ3) is 4.25. The van der Waals surface area contributed by atoms with E-state index in [2.05, 4.69) is 34.0 Å². The van der Waals surface area contributed by atoms with Crippen molar-refractivity contribution in [2.75, 3.05) is 29.9 Å². The van der Waals surface area contributed by atoms with Crippen LogP contribution in [0.15, 0.2) is 30.3 Å². The lowest BCUT2D eigenvalue weighted by Crippen LogP contribution is -2.49. The van der Waals surface area contributed by atoms with Gasteiger partial charge in [0, 0.05) is 29.9 Å². The highest BCUT2D eigenvalue weighted by Crippen LogP contribution is 2.25. The summed E-state index contributed by atoms with van der Waals surface area (Å²) in [5, 5.41) is 4.31. The summed E-state index contributed by atoms with van der Waals surface area (Å²) in [5.74, 6) is 1.25. The zero-order chi connectivity index (χ0) is 16.4. The fourth-order valence-corrected chi connectivity index (χ4v) is 2.78. The number of nitrogens with one attached hydrogen (secondary N) is 1. The van der Waals surface area contributed by atoms with Crippen LogP contribution in [0.4, 0.5) is 17.5 Å². The highest BCUT2D eigenvalue weighted by Gasteiger charge is 2.28. The molecule has 1 N–H and O–H groups in total. The Morgan fingerprint density at radius 1 is 1.17 bits per heavy atom. The van der Waals surface area contributed by atoms with Gasteiger partial charge in [0.15, 0.2) is 0 Å². The predicted molar refractivity (Wildman–Crippen MR) is 94.0 cm³/mol. The van der Waals surface area contributed by atoms with Crippen LogP contribution in [0.3, 0.4) is 0 Å². The molecule has 2 heterocycles. The van der Waals surface area contributed by atoms with Gasteiger partial charge in [-0.15, -0.1) is 0 Å². The summed E-state index contributed by atoms with van der Waals surface area (Å²) in [6, 6.07) is 9.10. The highest BCUT2D eigenvalue weighted by atomic mass is 35.5. The van der Waals surface area contributed by atoms with Gasteiger partial charge < -0.3 is 15.0 Å². The van der Waals surface area contributed by atoms with Gasteiger partial charge in [-0.05, 0) is 38.1 Å². The van der Waals surface area contributed by atoms with E-state index < -0.39 is 0 Å². The van der Waals surface area contributed by atoms with Crippen LogP contribution in [-0.4, -0.2) is 35.3 Å². The van der Waals surface area contributed by atoms with Gasteiger partial charge in [0.1, 0.15) is 11.0 Å². The number of hydrogen-bond acceptors (Lipinski definition) is 5. The van der Waals surface area contributed by atoms with Crippen molar-refractivity contribution in [1.29, 1.82) is 0 Å². The zero-order valence-electron chi connectivity index (χ0n) is 13.0. The van der Waals surface area contributed by atoms with Crippen molar-refractivity contribution >= 4 is 40.7 Å². The average Bonchev–Trinajstić information content (AvgIpc) is 2.48. The first kappa shape index (κ1) is 16.3. The van der Waals surface area contributed by atoms with Gasteiger partial charge in [-0.25, -0.2) is 4.98 Å². The van der Waals surface area contributed by atoms with Crippen LogP contribution >= 0.6 is 23.2 Å². The van der Waals surface area contributed by atoms with E-state index in [0.717, 1.165) is 12.2 Å². The van der Waals surface area contributed by atoms with Crippen molar-refractivity contribution in [2.24, 2.45) is 0 Å². The van der Waals surface area contributed by atoms with Gasteiger partial charge in [-0.1, -0.05) is 23.2 Å². The number of aromatic nitrogens is 2. The molecule has 1 aliphatic heterocycles. The molecule has 0 aliphatic carbocycles. The van der Waals surface area contributed by atoms with Crippen molar-refractivity contribution in [3.05, 3.63) is 40.5 Å². The fraction of sp³-hybridized carbons (Fsp3) is 0.375. The summed E-state index contributed by atoms with van der Waals surface area (Å²) in [6.45, 7) is 6.20. The predicted octanol–water partition coefficient (Wildman–Crippen LogP) is 4.14. The van der Waals surface area contributed by atoms with E-state index in [4.69, 9.17) is 27.9 Å². The maximum Gasteiger partial charge on any atom is 0.228 e. The summed E-state index contributed by atoms with van der Waals surface area (Å²) >= 11 is 12.1. The van der Waals surface area contributed by atoms with E-state index >= 15 is 0 Å². The molecule has 7 heteroatoms. The molecule has 5 nitrogen and oxygen atoms in total.